The van der Waals surface area contributed by atoms with Crippen molar-refractivity contribution < 1.29 is 4.79 Å². The highest BCUT2D eigenvalue weighted by Gasteiger charge is 2.28. The maximum atomic E-state index is 10.8. The van der Waals surface area contributed by atoms with Crippen LogP contribution in [0.4, 0.5) is 0 Å². The van der Waals surface area contributed by atoms with Crippen LogP contribution < -0.4 is 5.32 Å². The number of nitrogens with one attached hydrogen (secondary N) is 1. The lowest BCUT2D eigenvalue weighted by molar-refractivity contribution is -0.109. The topological polar surface area (TPSA) is 77.9 Å². The molecule has 0 aromatic carbocycles. The van der Waals surface area contributed by atoms with Gasteiger partial charge in [0.1, 0.15) is 6.29 Å². The predicted molar refractivity (Wildman–Crippen MR) is 58.4 cm³/mol. The Labute approximate surface area is 89.9 Å². The number of hydrogen-bond acceptors (Lipinski definition) is 3. The average Bonchev–Trinajstić information content (AvgIpc) is 2.40. The summed E-state index contributed by atoms with van der Waals surface area (Å²) in [5, 5.41) is 6.83. The summed E-state index contributed by atoms with van der Waals surface area (Å²) in [4.78, 5) is 13.6. The van der Waals surface area contributed by atoms with Crippen molar-refractivity contribution in [2.24, 2.45) is 17.0 Å². The number of carbonyl (C=O) groups is 1. The van der Waals surface area contributed by atoms with Crippen molar-refractivity contribution in [1.29, 1.82) is 0 Å². The van der Waals surface area contributed by atoms with Gasteiger partial charge in [-0.2, -0.15) is 0 Å². The van der Waals surface area contributed by atoms with Crippen molar-refractivity contribution in [2.45, 2.75) is 38.8 Å². The van der Waals surface area contributed by atoms with Gasteiger partial charge in [0, 0.05) is 4.91 Å². The fourth-order valence-electron chi connectivity index (χ4n) is 2.08. The van der Waals surface area contributed by atoms with Gasteiger partial charge in [0.25, 0.3) is 0 Å². The third-order valence-corrected chi connectivity index (χ3v) is 3.14. The number of azide groups is 1. The summed E-state index contributed by atoms with van der Waals surface area (Å²) in [6.45, 7) is 5.15. The maximum Gasteiger partial charge on any atom is 0.137 e. The highest BCUT2D eigenvalue weighted by atomic mass is 16.1. The van der Waals surface area contributed by atoms with Gasteiger partial charge in [-0.15, -0.1) is 0 Å². The second-order valence-corrected chi connectivity index (χ2v) is 4.42. The summed E-state index contributed by atoms with van der Waals surface area (Å²) in [6.07, 6.45) is 2.69. The van der Waals surface area contributed by atoms with Crippen molar-refractivity contribution >= 4 is 6.29 Å². The standard InChI is InChI=1S/C10H18N4O/c1-7(2)8-3-4-12-10(6-15)9(5-8)13-14-11/h6-10,12H,3-5H2,1-2H3. The molecule has 0 amide bonds. The molecule has 1 aliphatic rings. The Morgan fingerprint density at radius 3 is 2.87 bits per heavy atom. The Kier molecular flexibility index (Phi) is 4.59. The molecule has 1 N–H and O–H groups in total. The molecule has 0 aromatic heterocycles. The lowest BCUT2D eigenvalue weighted by atomic mass is 9.87. The Morgan fingerprint density at radius 1 is 1.60 bits per heavy atom. The largest absolute Gasteiger partial charge is 0.307 e. The zero-order chi connectivity index (χ0) is 11.3. The fraction of sp³-hybridized carbons (Fsp3) is 0.900. The van der Waals surface area contributed by atoms with Gasteiger partial charge < -0.3 is 10.1 Å². The van der Waals surface area contributed by atoms with Gasteiger partial charge in [-0.1, -0.05) is 19.0 Å². The SMILES string of the molecule is CC(C)C1CCNC(C=O)C(N=[N+]=[N-])C1. The first-order valence-corrected chi connectivity index (χ1v) is 5.42. The molecule has 84 valence electrons. The van der Waals surface area contributed by atoms with Crippen molar-refractivity contribution in [3.63, 3.8) is 0 Å². The molecule has 5 heteroatoms. The van der Waals surface area contributed by atoms with E-state index >= 15 is 0 Å². The van der Waals surface area contributed by atoms with Crippen LogP contribution in [-0.4, -0.2) is 24.9 Å². The first-order valence-electron chi connectivity index (χ1n) is 5.42. The molecule has 3 unspecified atom stereocenters. The molecule has 0 aromatic rings. The number of carbonyl (C=O) groups excluding carboxylic acids is 1. The van der Waals surface area contributed by atoms with E-state index in [-0.39, 0.29) is 12.1 Å². The van der Waals surface area contributed by atoms with E-state index in [0.29, 0.717) is 11.8 Å². The predicted octanol–water partition coefficient (Wildman–Crippen LogP) is 1.89. The van der Waals surface area contributed by atoms with Crippen LogP contribution in [0.2, 0.25) is 0 Å². The van der Waals surface area contributed by atoms with Crippen LogP contribution >= 0.6 is 0 Å². The minimum absolute atomic E-state index is 0.234. The number of aldehydes is 1. The van der Waals surface area contributed by atoms with Crippen LogP contribution in [0.15, 0.2) is 5.11 Å². The van der Waals surface area contributed by atoms with Crippen LogP contribution in [0.3, 0.4) is 0 Å². The van der Waals surface area contributed by atoms with Gasteiger partial charge in [0.15, 0.2) is 0 Å². The third kappa shape index (κ3) is 3.22. The zero-order valence-corrected chi connectivity index (χ0v) is 9.26. The van der Waals surface area contributed by atoms with Gasteiger partial charge in [0.2, 0.25) is 0 Å². The van der Waals surface area contributed by atoms with Gasteiger partial charge in [-0.05, 0) is 36.8 Å². The Bertz CT molecular complexity index is 260. The first-order chi connectivity index (χ1) is 7.19. The maximum absolute atomic E-state index is 10.8. The highest BCUT2D eigenvalue weighted by molar-refractivity contribution is 5.59. The monoisotopic (exact) mass is 210 g/mol. The van der Waals surface area contributed by atoms with Crippen molar-refractivity contribution in [1.82, 2.24) is 5.32 Å². The van der Waals surface area contributed by atoms with Crippen molar-refractivity contribution in [3.05, 3.63) is 10.4 Å². The van der Waals surface area contributed by atoms with E-state index in [1.165, 1.54) is 0 Å². The summed E-state index contributed by atoms with van der Waals surface area (Å²) >= 11 is 0. The van der Waals surface area contributed by atoms with Gasteiger partial charge in [-0.25, -0.2) is 0 Å². The highest BCUT2D eigenvalue weighted by Crippen LogP contribution is 2.25. The minimum Gasteiger partial charge on any atom is -0.307 e. The molecule has 0 spiro atoms. The van der Waals surface area contributed by atoms with Gasteiger partial charge in [-0.3, -0.25) is 0 Å². The number of nitrogens with zero attached hydrogens (tertiary/aromatic N) is 3. The summed E-state index contributed by atoms with van der Waals surface area (Å²) in [6, 6.07) is -0.549. The summed E-state index contributed by atoms with van der Waals surface area (Å²) < 4.78 is 0. The average molecular weight is 210 g/mol. The normalized spacial score (nSPS) is 31.8. The molecule has 15 heavy (non-hydrogen) atoms. The molecule has 0 radical (unpaired) electrons. The second kappa shape index (κ2) is 5.73. The van der Waals surface area contributed by atoms with Crippen LogP contribution in [0.25, 0.3) is 10.4 Å². The van der Waals surface area contributed by atoms with Gasteiger partial charge in [0.05, 0.1) is 12.1 Å². The molecule has 1 rings (SSSR count). The third-order valence-electron chi connectivity index (χ3n) is 3.14. The van der Waals surface area contributed by atoms with Crippen molar-refractivity contribution in [3.8, 4) is 0 Å². The molecule has 1 saturated heterocycles. The molecule has 5 nitrogen and oxygen atoms in total. The van der Waals surface area contributed by atoms with Crippen LogP contribution in [0, 0.1) is 11.8 Å². The lowest BCUT2D eigenvalue weighted by Gasteiger charge is -2.21. The molecule has 0 bridgehead atoms. The number of rotatable bonds is 3. The first kappa shape index (κ1) is 12.0. The molecule has 0 aliphatic carbocycles. The quantitative estimate of drug-likeness (QED) is 0.334. The van der Waals surface area contributed by atoms with E-state index in [1.54, 1.807) is 0 Å². The van der Waals surface area contributed by atoms with E-state index in [9.17, 15) is 4.79 Å². The second-order valence-electron chi connectivity index (χ2n) is 4.42. The zero-order valence-electron chi connectivity index (χ0n) is 9.26. The lowest BCUT2D eigenvalue weighted by Crippen LogP contribution is -2.38. The molecular weight excluding hydrogens is 192 g/mol. The molecule has 1 heterocycles. The van der Waals surface area contributed by atoms with E-state index in [4.69, 9.17) is 5.53 Å². The van der Waals surface area contributed by atoms with Crippen molar-refractivity contribution in [2.75, 3.05) is 6.54 Å². The van der Waals surface area contributed by atoms with E-state index in [0.717, 1.165) is 25.7 Å². The molecule has 1 aliphatic heterocycles. The van der Waals surface area contributed by atoms with E-state index < -0.39 is 0 Å². The number of hydrogen-bond donors (Lipinski definition) is 1. The van der Waals surface area contributed by atoms with E-state index in [1.807, 2.05) is 0 Å². The van der Waals surface area contributed by atoms with E-state index in [2.05, 4.69) is 29.2 Å². The van der Waals surface area contributed by atoms with Crippen LogP contribution in [0.1, 0.15) is 26.7 Å². The van der Waals surface area contributed by atoms with Crippen LogP contribution in [0.5, 0.6) is 0 Å². The molecule has 1 fully saturated rings. The summed E-state index contributed by atoms with van der Waals surface area (Å²) in [7, 11) is 0. The molecule has 3 atom stereocenters. The summed E-state index contributed by atoms with van der Waals surface area (Å²) in [5.41, 5.74) is 8.46. The Balaban J connectivity index is 2.75. The molecule has 0 saturated carbocycles. The smallest absolute Gasteiger partial charge is 0.137 e. The summed E-state index contributed by atoms with van der Waals surface area (Å²) in [5.74, 6) is 1.09. The van der Waals surface area contributed by atoms with Crippen LogP contribution in [-0.2, 0) is 4.79 Å². The van der Waals surface area contributed by atoms with Gasteiger partial charge >= 0.3 is 0 Å². The minimum atomic E-state index is -0.315. The molecular formula is C10H18N4O. The fourth-order valence-corrected chi connectivity index (χ4v) is 2.08. The Hall–Kier alpha value is -1.06. The Morgan fingerprint density at radius 2 is 2.33 bits per heavy atom.